The van der Waals surface area contributed by atoms with Gasteiger partial charge in [0.15, 0.2) is 5.65 Å². The number of pyridine rings is 1. The smallest absolute Gasteiger partial charge is 0.306 e. The lowest BCUT2D eigenvalue weighted by molar-refractivity contribution is -0.143. The van der Waals surface area contributed by atoms with E-state index in [1.807, 2.05) is 25.4 Å². The summed E-state index contributed by atoms with van der Waals surface area (Å²) in [5.41, 5.74) is 3.99. The molecule has 0 amide bonds. The first-order chi connectivity index (χ1) is 14.5. The number of fused-ring (bicyclic) bond motifs is 2. The molecule has 8 heteroatoms. The average Bonchev–Trinajstić information content (AvgIpc) is 3.29. The Hall–Kier alpha value is -3.06. The minimum Gasteiger partial charge on any atom is -0.481 e. The lowest BCUT2D eigenvalue weighted by Gasteiger charge is -2.25. The first-order valence-electron chi connectivity index (χ1n) is 9.99. The number of nitrogens with one attached hydrogen (secondary N) is 1. The Balaban J connectivity index is 1.40. The molecule has 4 aromatic rings. The molecule has 0 unspecified atom stereocenters. The molecule has 7 nitrogen and oxygen atoms in total. The highest BCUT2D eigenvalue weighted by molar-refractivity contribution is 6.33. The number of carboxylic acids is 1. The second-order valence-corrected chi connectivity index (χ2v) is 8.27. The molecule has 0 atom stereocenters. The number of benzene rings is 1. The molecule has 154 valence electrons. The van der Waals surface area contributed by atoms with Gasteiger partial charge in [-0.15, -0.1) is 0 Å². The van der Waals surface area contributed by atoms with Gasteiger partial charge in [-0.25, -0.2) is 4.98 Å². The third kappa shape index (κ3) is 3.39. The second-order valence-electron chi connectivity index (χ2n) is 7.86. The van der Waals surface area contributed by atoms with Gasteiger partial charge < -0.3 is 19.4 Å². The van der Waals surface area contributed by atoms with Crippen molar-refractivity contribution in [3.05, 3.63) is 41.6 Å². The van der Waals surface area contributed by atoms with Crippen LogP contribution in [0.15, 0.2) is 36.5 Å². The van der Waals surface area contributed by atoms with Gasteiger partial charge in [0.05, 0.1) is 22.2 Å². The molecular formula is C22H21ClN4O3. The summed E-state index contributed by atoms with van der Waals surface area (Å²) in [6.45, 7) is 0. The maximum atomic E-state index is 11.1. The van der Waals surface area contributed by atoms with Gasteiger partial charge in [-0.2, -0.15) is 4.98 Å². The minimum absolute atomic E-state index is 0.0448. The van der Waals surface area contributed by atoms with Crippen molar-refractivity contribution in [1.29, 1.82) is 0 Å². The van der Waals surface area contributed by atoms with E-state index in [0.717, 1.165) is 16.5 Å². The maximum absolute atomic E-state index is 11.1. The fourth-order valence-electron chi connectivity index (χ4n) is 4.17. The average molecular weight is 425 g/mol. The van der Waals surface area contributed by atoms with Gasteiger partial charge in [0, 0.05) is 29.7 Å². The van der Waals surface area contributed by atoms with Crippen LogP contribution in [0, 0.1) is 5.92 Å². The van der Waals surface area contributed by atoms with Crippen LogP contribution in [0.3, 0.4) is 0 Å². The van der Waals surface area contributed by atoms with Crippen molar-refractivity contribution in [2.45, 2.75) is 31.8 Å². The van der Waals surface area contributed by atoms with Gasteiger partial charge in [-0.3, -0.25) is 4.79 Å². The molecule has 0 aliphatic heterocycles. The largest absolute Gasteiger partial charge is 0.481 e. The highest BCUT2D eigenvalue weighted by Crippen LogP contribution is 2.32. The number of aromatic nitrogens is 4. The number of aromatic amines is 1. The van der Waals surface area contributed by atoms with E-state index < -0.39 is 5.97 Å². The first kappa shape index (κ1) is 18.9. The minimum atomic E-state index is -0.725. The highest BCUT2D eigenvalue weighted by atomic mass is 35.5. The molecule has 1 aliphatic carbocycles. The molecule has 1 aromatic carbocycles. The van der Waals surface area contributed by atoms with E-state index in [2.05, 4.69) is 37.7 Å². The standard InChI is InChI=1S/C22H21ClN4O3/c1-27-9-8-13-10-14(4-7-18(13)27)19-16(23)11-17-20(25-19)26-22(24-17)30-15-5-2-12(3-6-15)21(28)29/h4,7-12,15H,2-3,5-6H2,1H3,(H,28,29)(H,24,25,26)/t12-,15-. The summed E-state index contributed by atoms with van der Waals surface area (Å²) in [6, 6.07) is 10.4. The molecule has 2 N–H and O–H groups in total. The Bertz CT molecular complexity index is 1250. The van der Waals surface area contributed by atoms with Gasteiger partial charge in [-0.05, 0) is 49.9 Å². The van der Waals surface area contributed by atoms with Crippen molar-refractivity contribution < 1.29 is 14.6 Å². The van der Waals surface area contributed by atoms with Gasteiger partial charge in [0.25, 0.3) is 6.01 Å². The van der Waals surface area contributed by atoms with E-state index in [1.165, 1.54) is 0 Å². The number of nitrogens with zero attached hydrogens (tertiary/aromatic N) is 3. The van der Waals surface area contributed by atoms with E-state index >= 15 is 0 Å². The van der Waals surface area contributed by atoms with Crippen molar-refractivity contribution in [3.8, 4) is 17.3 Å². The predicted octanol–water partition coefficient (Wildman–Crippen LogP) is 4.79. The summed E-state index contributed by atoms with van der Waals surface area (Å²) >= 11 is 6.53. The number of imidazole rings is 1. The number of halogens is 1. The van der Waals surface area contributed by atoms with Crippen LogP contribution >= 0.6 is 11.6 Å². The van der Waals surface area contributed by atoms with Crippen LogP contribution in [0.25, 0.3) is 33.3 Å². The summed E-state index contributed by atoms with van der Waals surface area (Å²) in [4.78, 5) is 23.4. The quantitative estimate of drug-likeness (QED) is 0.491. The van der Waals surface area contributed by atoms with E-state index in [-0.39, 0.29) is 12.0 Å². The van der Waals surface area contributed by atoms with E-state index in [1.54, 1.807) is 0 Å². The Morgan fingerprint density at radius 2 is 2.00 bits per heavy atom. The fourth-order valence-corrected chi connectivity index (χ4v) is 4.43. The van der Waals surface area contributed by atoms with Crippen LogP contribution in [-0.4, -0.2) is 36.7 Å². The molecule has 1 saturated carbocycles. The summed E-state index contributed by atoms with van der Waals surface area (Å²) < 4.78 is 8.04. The lowest BCUT2D eigenvalue weighted by Crippen LogP contribution is -2.28. The summed E-state index contributed by atoms with van der Waals surface area (Å²) in [7, 11) is 2.01. The molecule has 3 heterocycles. The topological polar surface area (TPSA) is 93.0 Å². The molecule has 0 saturated heterocycles. The number of carbonyl (C=O) groups is 1. The monoisotopic (exact) mass is 424 g/mol. The molecule has 0 radical (unpaired) electrons. The number of carboxylic acid groups (broad SMARTS) is 1. The van der Waals surface area contributed by atoms with Crippen LogP contribution in [0.5, 0.6) is 6.01 Å². The molecule has 30 heavy (non-hydrogen) atoms. The molecule has 0 spiro atoms. The van der Waals surface area contributed by atoms with Crippen LogP contribution in [-0.2, 0) is 11.8 Å². The second kappa shape index (κ2) is 7.32. The Labute approximate surface area is 177 Å². The van der Waals surface area contributed by atoms with Crippen molar-refractivity contribution in [2.24, 2.45) is 13.0 Å². The molecular weight excluding hydrogens is 404 g/mol. The zero-order valence-corrected chi connectivity index (χ0v) is 17.2. The molecule has 1 fully saturated rings. The van der Waals surface area contributed by atoms with Gasteiger partial charge in [0.2, 0.25) is 0 Å². The summed E-state index contributed by atoms with van der Waals surface area (Å²) in [5.74, 6) is -0.997. The van der Waals surface area contributed by atoms with Gasteiger partial charge in [-0.1, -0.05) is 17.7 Å². The summed E-state index contributed by atoms with van der Waals surface area (Å²) in [6.07, 6.45) is 4.62. The van der Waals surface area contributed by atoms with Crippen molar-refractivity contribution in [1.82, 2.24) is 19.5 Å². The van der Waals surface area contributed by atoms with Crippen molar-refractivity contribution >= 4 is 39.6 Å². The van der Waals surface area contributed by atoms with E-state index in [0.29, 0.717) is 53.6 Å². The number of hydrogen-bond donors (Lipinski definition) is 2. The molecule has 5 rings (SSSR count). The van der Waals surface area contributed by atoms with Crippen LogP contribution < -0.4 is 4.74 Å². The fraction of sp³-hybridized carbons (Fsp3) is 0.318. The van der Waals surface area contributed by atoms with Crippen LogP contribution in [0.1, 0.15) is 25.7 Å². The van der Waals surface area contributed by atoms with Crippen molar-refractivity contribution in [2.75, 3.05) is 0 Å². The predicted molar refractivity (Wildman–Crippen MR) is 115 cm³/mol. The van der Waals surface area contributed by atoms with E-state index in [9.17, 15) is 4.79 Å². The Kier molecular flexibility index (Phi) is 4.62. The SMILES string of the molecule is Cn1ccc2cc(-c3nc4nc(O[C@H]5CC[C@H](C(=O)O)CC5)[nH]c4cc3Cl)ccc21. The normalized spacial score (nSPS) is 19.4. The number of aliphatic carboxylic acids is 1. The third-order valence-electron chi connectivity index (χ3n) is 5.87. The van der Waals surface area contributed by atoms with Crippen molar-refractivity contribution in [3.63, 3.8) is 0 Å². The Morgan fingerprint density at radius 1 is 1.20 bits per heavy atom. The highest BCUT2D eigenvalue weighted by Gasteiger charge is 2.27. The lowest BCUT2D eigenvalue weighted by atomic mass is 9.87. The number of rotatable bonds is 4. The van der Waals surface area contributed by atoms with Gasteiger partial charge in [0.1, 0.15) is 6.10 Å². The van der Waals surface area contributed by atoms with Crippen LogP contribution in [0.4, 0.5) is 0 Å². The number of ether oxygens (including phenoxy) is 1. The zero-order chi connectivity index (χ0) is 20.8. The number of hydrogen-bond acceptors (Lipinski definition) is 4. The van der Waals surface area contributed by atoms with Gasteiger partial charge >= 0.3 is 5.97 Å². The zero-order valence-electron chi connectivity index (χ0n) is 16.4. The maximum Gasteiger partial charge on any atom is 0.306 e. The Morgan fingerprint density at radius 3 is 2.77 bits per heavy atom. The number of H-pyrrole nitrogens is 1. The summed E-state index contributed by atoms with van der Waals surface area (Å²) in [5, 5.41) is 10.8. The van der Waals surface area contributed by atoms with E-state index in [4.69, 9.17) is 21.4 Å². The first-order valence-corrected chi connectivity index (χ1v) is 10.4. The molecule has 0 bridgehead atoms. The molecule has 1 aliphatic rings. The molecule has 3 aromatic heterocycles. The third-order valence-corrected chi connectivity index (χ3v) is 6.15. The van der Waals surface area contributed by atoms with Crippen LogP contribution in [0.2, 0.25) is 5.02 Å². The number of aryl methyl sites for hydroxylation is 1.